The number of rotatable bonds is 3. The zero-order chi connectivity index (χ0) is 14.9. The molecule has 1 aliphatic rings. The van der Waals surface area contributed by atoms with Crippen LogP contribution < -0.4 is 5.73 Å². The molecular formula is C15H20BrFN2O. The monoisotopic (exact) mass is 342 g/mol. The van der Waals surface area contributed by atoms with E-state index >= 15 is 0 Å². The van der Waals surface area contributed by atoms with Gasteiger partial charge in [-0.2, -0.15) is 0 Å². The molecule has 20 heavy (non-hydrogen) atoms. The standard InChI is InChI=1S/C15H20BrFN2O/c1-9(2)8-19-14(20)6-5-13(18)15(19)11-7-10(17)3-4-12(11)16/h3-4,7,9,13,15H,5-6,8,18H2,1-2H3. The summed E-state index contributed by atoms with van der Waals surface area (Å²) in [7, 11) is 0. The summed E-state index contributed by atoms with van der Waals surface area (Å²) in [5.41, 5.74) is 6.98. The Morgan fingerprint density at radius 1 is 1.50 bits per heavy atom. The van der Waals surface area contributed by atoms with E-state index in [0.29, 0.717) is 25.3 Å². The molecule has 2 atom stereocenters. The van der Waals surface area contributed by atoms with Crippen molar-refractivity contribution in [3.05, 3.63) is 34.1 Å². The van der Waals surface area contributed by atoms with Gasteiger partial charge in [0.2, 0.25) is 5.91 Å². The lowest BCUT2D eigenvalue weighted by Crippen LogP contribution is -2.50. The molecule has 0 saturated carbocycles. The lowest BCUT2D eigenvalue weighted by atomic mass is 9.89. The Kier molecular flexibility index (Phi) is 4.81. The summed E-state index contributed by atoms with van der Waals surface area (Å²) in [6, 6.07) is 4.12. The highest BCUT2D eigenvalue weighted by Gasteiger charge is 2.36. The molecular weight excluding hydrogens is 323 g/mol. The largest absolute Gasteiger partial charge is 0.334 e. The Morgan fingerprint density at radius 2 is 2.20 bits per heavy atom. The maximum absolute atomic E-state index is 13.6. The topological polar surface area (TPSA) is 46.3 Å². The Balaban J connectivity index is 2.41. The highest BCUT2D eigenvalue weighted by molar-refractivity contribution is 9.10. The maximum Gasteiger partial charge on any atom is 0.223 e. The van der Waals surface area contributed by atoms with Crippen LogP contribution in [0.5, 0.6) is 0 Å². The van der Waals surface area contributed by atoms with Crippen molar-refractivity contribution in [1.29, 1.82) is 0 Å². The van der Waals surface area contributed by atoms with Crippen molar-refractivity contribution in [3.63, 3.8) is 0 Å². The molecule has 0 spiro atoms. The minimum atomic E-state index is -0.307. The van der Waals surface area contributed by atoms with Crippen LogP contribution >= 0.6 is 15.9 Å². The Bertz CT molecular complexity index is 507. The summed E-state index contributed by atoms with van der Waals surface area (Å²) in [6.45, 7) is 4.76. The van der Waals surface area contributed by atoms with Crippen LogP contribution in [0.3, 0.4) is 0 Å². The molecule has 2 N–H and O–H groups in total. The molecule has 1 saturated heterocycles. The van der Waals surface area contributed by atoms with Crippen LogP contribution in [0, 0.1) is 11.7 Å². The van der Waals surface area contributed by atoms with Crippen LogP contribution in [0.15, 0.2) is 22.7 Å². The molecule has 0 aromatic heterocycles. The number of nitrogens with two attached hydrogens (primary N) is 1. The van der Waals surface area contributed by atoms with Gasteiger partial charge in [0.1, 0.15) is 5.82 Å². The average molecular weight is 343 g/mol. The Hall–Kier alpha value is -0.940. The first-order chi connectivity index (χ1) is 9.40. The van der Waals surface area contributed by atoms with E-state index < -0.39 is 0 Å². The van der Waals surface area contributed by atoms with Gasteiger partial charge in [-0.05, 0) is 36.1 Å². The molecule has 5 heteroatoms. The molecule has 1 fully saturated rings. The number of piperidine rings is 1. The third kappa shape index (κ3) is 3.20. The number of amides is 1. The van der Waals surface area contributed by atoms with Crippen molar-refractivity contribution >= 4 is 21.8 Å². The van der Waals surface area contributed by atoms with Gasteiger partial charge in [-0.25, -0.2) is 4.39 Å². The van der Waals surface area contributed by atoms with E-state index in [4.69, 9.17) is 5.73 Å². The van der Waals surface area contributed by atoms with E-state index in [1.165, 1.54) is 12.1 Å². The van der Waals surface area contributed by atoms with Crippen LogP contribution in [0.25, 0.3) is 0 Å². The Labute approximate surface area is 127 Å². The van der Waals surface area contributed by atoms with Crippen molar-refractivity contribution in [1.82, 2.24) is 4.90 Å². The summed E-state index contributed by atoms with van der Waals surface area (Å²) in [5.74, 6) is 0.138. The second-order valence-electron chi connectivity index (χ2n) is 5.75. The first kappa shape index (κ1) is 15.4. The quantitative estimate of drug-likeness (QED) is 0.916. The molecule has 0 radical (unpaired) electrons. The number of hydrogen-bond acceptors (Lipinski definition) is 2. The predicted molar refractivity (Wildman–Crippen MR) is 80.6 cm³/mol. The van der Waals surface area contributed by atoms with Gasteiger partial charge in [0.25, 0.3) is 0 Å². The van der Waals surface area contributed by atoms with Crippen LogP contribution in [0.1, 0.15) is 38.3 Å². The van der Waals surface area contributed by atoms with Crippen LogP contribution in [-0.2, 0) is 4.79 Å². The Morgan fingerprint density at radius 3 is 2.85 bits per heavy atom. The molecule has 2 unspecified atom stereocenters. The lowest BCUT2D eigenvalue weighted by molar-refractivity contribution is -0.138. The number of carbonyl (C=O) groups is 1. The van der Waals surface area contributed by atoms with E-state index in [2.05, 4.69) is 29.8 Å². The maximum atomic E-state index is 13.6. The number of benzene rings is 1. The highest BCUT2D eigenvalue weighted by Crippen LogP contribution is 2.35. The van der Waals surface area contributed by atoms with Crippen molar-refractivity contribution < 1.29 is 9.18 Å². The number of nitrogens with zero attached hydrogens (tertiary/aromatic N) is 1. The molecule has 110 valence electrons. The molecule has 1 amide bonds. The smallest absolute Gasteiger partial charge is 0.223 e. The van der Waals surface area contributed by atoms with Gasteiger partial charge in [-0.1, -0.05) is 29.8 Å². The fourth-order valence-corrected chi connectivity index (χ4v) is 3.21. The summed E-state index contributed by atoms with van der Waals surface area (Å²) < 4.78 is 14.3. The molecule has 1 aliphatic heterocycles. The van der Waals surface area contributed by atoms with Gasteiger partial charge in [0.15, 0.2) is 0 Å². The van der Waals surface area contributed by atoms with E-state index in [1.54, 1.807) is 11.0 Å². The first-order valence-corrected chi connectivity index (χ1v) is 7.69. The number of carbonyl (C=O) groups excluding carboxylic acids is 1. The molecule has 1 aromatic carbocycles. The van der Waals surface area contributed by atoms with Crippen LogP contribution in [-0.4, -0.2) is 23.4 Å². The third-order valence-electron chi connectivity index (χ3n) is 3.59. The van der Waals surface area contributed by atoms with Crippen LogP contribution in [0.2, 0.25) is 0 Å². The summed E-state index contributed by atoms with van der Waals surface area (Å²) in [6.07, 6.45) is 1.11. The first-order valence-electron chi connectivity index (χ1n) is 6.90. The summed E-state index contributed by atoms with van der Waals surface area (Å²) >= 11 is 3.45. The van der Waals surface area contributed by atoms with Crippen molar-refractivity contribution in [2.75, 3.05) is 6.54 Å². The molecule has 1 heterocycles. The SMILES string of the molecule is CC(C)CN1C(=O)CCC(N)C1c1cc(F)ccc1Br. The number of likely N-dealkylation sites (tertiary alicyclic amines) is 1. The zero-order valence-corrected chi connectivity index (χ0v) is 13.4. The molecule has 1 aromatic rings. The van der Waals surface area contributed by atoms with Gasteiger partial charge in [0.05, 0.1) is 6.04 Å². The highest BCUT2D eigenvalue weighted by atomic mass is 79.9. The molecule has 2 rings (SSSR count). The third-order valence-corrected chi connectivity index (χ3v) is 4.31. The van der Waals surface area contributed by atoms with Crippen molar-refractivity contribution in [3.8, 4) is 0 Å². The normalized spacial score (nSPS) is 23.5. The average Bonchev–Trinajstić information content (AvgIpc) is 2.37. The molecule has 3 nitrogen and oxygen atoms in total. The molecule has 0 aliphatic carbocycles. The van der Waals surface area contributed by atoms with E-state index in [1.807, 2.05) is 0 Å². The van der Waals surface area contributed by atoms with E-state index in [9.17, 15) is 9.18 Å². The minimum Gasteiger partial charge on any atom is -0.334 e. The lowest BCUT2D eigenvalue weighted by Gasteiger charge is -2.41. The fourth-order valence-electron chi connectivity index (χ4n) is 2.73. The second kappa shape index (κ2) is 6.22. The predicted octanol–water partition coefficient (Wildman–Crippen LogP) is 3.24. The van der Waals surface area contributed by atoms with Gasteiger partial charge in [0, 0.05) is 23.5 Å². The summed E-state index contributed by atoms with van der Waals surface area (Å²) in [4.78, 5) is 14.0. The van der Waals surface area contributed by atoms with Crippen LogP contribution in [0.4, 0.5) is 4.39 Å². The van der Waals surface area contributed by atoms with E-state index in [0.717, 1.165) is 10.0 Å². The van der Waals surface area contributed by atoms with Gasteiger partial charge in [-0.15, -0.1) is 0 Å². The van der Waals surface area contributed by atoms with Gasteiger partial charge >= 0.3 is 0 Å². The van der Waals surface area contributed by atoms with Crippen molar-refractivity contribution in [2.45, 2.75) is 38.8 Å². The van der Waals surface area contributed by atoms with Gasteiger partial charge < -0.3 is 10.6 Å². The second-order valence-corrected chi connectivity index (χ2v) is 6.61. The molecule has 0 bridgehead atoms. The fraction of sp³-hybridized carbons (Fsp3) is 0.533. The zero-order valence-electron chi connectivity index (χ0n) is 11.8. The summed E-state index contributed by atoms with van der Waals surface area (Å²) in [5, 5.41) is 0. The minimum absolute atomic E-state index is 0.0987. The number of hydrogen-bond donors (Lipinski definition) is 1. The van der Waals surface area contributed by atoms with E-state index in [-0.39, 0.29) is 23.8 Å². The van der Waals surface area contributed by atoms with Crippen molar-refractivity contribution in [2.24, 2.45) is 11.7 Å². The van der Waals surface area contributed by atoms with Gasteiger partial charge in [-0.3, -0.25) is 4.79 Å². The number of halogens is 2.